The lowest BCUT2D eigenvalue weighted by atomic mass is 10.1. The Kier molecular flexibility index (Phi) is 12.2. The van der Waals surface area contributed by atoms with Crippen LogP contribution in [0.1, 0.15) is 94.3 Å². The molecule has 0 aromatic heterocycles. The van der Waals surface area contributed by atoms with Crippen molar-refractivity contribution in [1.82, 2.24) is 0 Å². The molecule has 4 nitrogen and oxygen atoms in total. The van der Waals surface area contributed by atoms with Gasteiger partial charge < -0.3 is 10.1 Å². The summed E-state index contributed by atoms with van der Waals surface area (Å²) in [6.45, 7) is 2.25. The second-order valence-corrected chi connectivity index (χ2v) is 6.87. The molecule has 1 rings (SSSR count). The molecule has 4 heteroatoms. The van der Waals surface area contributed by atoms with Crippen LogP contribution in [-0.4, -0.2) is 19.0 Å². The zero-order valence-corrected chi connectivity index (χ0v) is 16.5. The Labute approximate surface area is 158 Å². The van der Waals surface area contributed by atoms with Gasteiger partial charge in [-0.3, -0.25) is 4.79 Å². The molecule has 0 unspecified atom stereocenters. The van der Waals surface area contributed by atoms with E-state index in [0.29, 0.717) is 17.7 Å². The molecular formula is C22H35NO3. The summed E-state index contributed by atoms with van der Waals surface area (Å²) in [6, 6.07) is 6.93. The molecule has 0 spiro atoms. The van der Waals surface area contributed by atoms with Gasteiger partial charge in [-0.05, 0) is 18.6 Å². The number of ether oxygens (including phenoxy) is 1. The molecule has 146 valence electrons. The van der Waals surface area contributed by atoms with Crippen LogP contribution < -0.4 is 5.32 Å². The van der Waals surface area contributed by atoms with Gasteiger partial charge in [0.05, 0.1) is 18.4 Å². The number of carbonyl (C=O) groups excluding carboxylic acids is 2. The number of rotatable bonds is 14. The van der Waals surface area contributed by atoms with Crippen LogP contribution in [0, 0.1) is 0 Å². The third-order valence-electron chi connectivity index (χ3n) is 4.61. The van der Waals surface area contributed by atoms with E-state index in [-0.39, 0.29) is 5.91 Å². The van der Waals surface area contributed by atoms with Gasteiger partial charge in [-0.2, -0.15) is 0 Å². The maximum atomic E-state index is 12.1. The van der Waals surface area contributed by atoms with Crippen LogP contribution in [0.5, 0.6) is 0 Å². The molecule has 0 aliphatic heterocycles. The van der Waals surface area contributed by atoms with Gasteiger partial charge in [-0.25, -0.2) is 4.79 Å². The number of esters is 1. The fourth-order valence-corrected chi connectivity index (χ4v) is 3.04. The van der Waals surface area contributed by atoms with Gasteiger partial charge in [0.25, 0.3) is 0 Å². The van der Waals surface area contributed by atoms with Crippen molar-refractivity contribution in [3.63, 3.8) is 0 Å². The number of nitrogens with one attached hydrogen (secondary N) is 1. The number of anilines is 1. The van der Waals surface area contributed by atoms with Crippen LogP contribution in [0.3, 0.4) is 0 Å². The van der Waals surface area contributed by atoms with Gasteiger partial charge in [-0.1, -0.05) is 83.3 Å². The number of hydrogen-bond acceptors (Lipinski definition) is 3. The van der Waals surface area contributed by atoms with E-state index >= 15 is 0 Å². The molecule has 0 atom stereocenters. The summed E-state index contributed by atoms with van der Waals surface area (Å²) in [5.41, 5.74) is 0.912. The fourth-order valence-electron chi connectivity index (χ4n) is 3.04. The fraction of sp³-hybridized carbons (Fsp3) is 0.636. The summed E-state index contributed by atoms with van der Waals surface area (Å²) in [5, 5.41) is 2.82. The zero-order chi connectivity index (χ0) is 19.0. The van der Waals surface area contributed by atoms with Crippen molar-refractivity contribution >= 4 is 17.6 Å². The first-order valence-electron chi connectivity index (χ1n) is 10.2. The number of methoxy groups -OCH3 is 1. The average molecular weight is 362 g/mol. The van der Waals surface area contributed by atoms with Crippen molar-refractivity contribution in [3.8, 4) is 0 Å². The van der Waals surface area contributed by atoms with Crippen LogP contribution in [0.2, 0.25) is 0 Å². The van der Waals surface area contributed by atoms with Crippen LogP contribution in [0.4, 0.5) is 5.69 Å². The Morgan fingerprint density at radius 1 is 0.846 bits per heavy atom. The Morgan fingerprint density at radius 3 is 1.96 bits per heavy atom. The Hall–Kier alpha value is -1.84. The van der Waals surface area contributed by atoms with Gasteiger partial charge in [-0.15, -0.1) is 0 Å². The molecule has 1 N–H and O–H groups in total. The second-order valence-electron chi connectivity index (χ2n) is 6.87. The first-order valence-corrected chi connectivity index (χ1v) is 10.2. The summed E-state index contributed by atoms with van der Waals surface area (Å²) in [4.78, 5) is 23.8. The summed E-state index contributed by atoms with van der Waals surface area (Å²) >= 11 is 0. The number of para-hydroxylation sites is 1. The molecule has 0 saturated heterocycles. The quantitative estimate of drug-likeness (QED) is 0.321. The van der Waals surface area contributed by atoms with Crippen molar-refractivity contribution < 1.29 is 14.3 Å². The molecule has 0 aliphatic carbocycles. The lowest BCUT2D eigenvalue weighted by molar-refractivity contribution is -0.116. The average Bonchev–Trinajstić information content (AvgIpc) is 2.66. The Morgan fingerprint density at radius 2 is 1.38 bits per heavy atom. The molecule has 0 fully saturated rings. The van der Waals surface area contributed by atoms with Gasteiger partial charge in [0.1, 0.15) is 0 Å². The predicted molar refractivity (Wildman–Crippen MR) is 107 cm³/mol. The van der Waals surface area contributed by atoms with E-state index in [4.69, 9.17) is 4.74 Å². The highest BCUT2D eigenvalue weighted by molar-refractivity contribution is 6.01. The largest absolute Gasteiger partial charge is 0.465 e. The standard InChI is InChI=1S/C22H35NO3/c1-3-4-5-6-7-8-9-10-11-12-13-18-21(24)23-20-17-15-14-16-19(20)22(25)26-2/h14-17H,3-13,18H2,1-2H3,(H,23,24). The van der Waals surface area contributed by atoms with Gasteiger partial charge in [0.2, 0.25) is 5.91 Å². The normalized spacial score (nSPS) is 10.5. The van der Waals surface area contributed by atoms with E-state index < -0.39 is 5.97 Å². The van der Waals surface area contributed by atoms with E-state index in [9.17, 15) is 9.59 Å². The molecule has 0 bridgehead atoms. The minimum atomic E-state index is -0.435. The SMILES string of the molecule is CCCCCCCCCCCCCC(=O)Nc1ccccc1C(=O)OC. The minimum absolute atomic E-state index is 0.0442. The van der Waals surface area contributed by atoms with Crippen molar-refractivity contribution in [2.24, 2.45) is 0 Å². The van der Waals surface area contributed by atoms with E-state index in [1.54, 1.807) is 24.3 Å². The van der Waals surface area contributed by atoms with Crippen LogP contribution in [-0.2, 0) is 9.53 Å². The molecule has 1 amide bonds. The number of hydrogen-bond donors (Lipinski definition) is 1. The molecule has 0 heterocycles. The number of unbranched alkanes of at least 4 members (excludes halogenated alkanes) is 10. The van der Waals surface area contributed by atoms with E-state index in [1.807, 2.05) is 0 Å². The summed E-state index contributed by atoms with van der Waals surface area (Å²) in [5.74, 6) is -0.479. The number of benzene rings is 1. The highest BCUT2D eigenvalue weighted by Crippen LogP contribution is 2.17. The van der Waals surface area contributed by atoms with Crippen molar-refractivity contribution in [2.75, 3.05) is 12.4 Å². The summed E-state index contributed by atoms with van der Waals surface area (Å²) in [7, 11) is 1.34. The van der Waals surface area contributed by atoms with Crippen LogP contribution >= 0.6 is 0 Å². The Bertz CT molecular complexity index is 528. The molecule has 0 aliphatic rings. The smallest absolute Gasteiger partial charge is 0.339 e. The third kappa shape index (κ3) is 9.59. The van der Waals surface area contributed by atoms with Crippen LogP contribution in [0.15, 0.2) is 24.3 Å². The summed E-state index contributed by atoms with van der Waals surface area (Å²) in [6.07, 6.45) is 14.4. The first kappa shape index (κ1) is 22.2. The van der Waals surface area contributed by atoms with Crippen molar-refractivity contribution in [3.05, 3.63) is 29.8 Å². The monoisotopic (exact) mass is 361 g/mol. The maximum Gasteiger partial charge on any atom is 0.339 e. The molecular weight excluding hydrogens is 326 g/mol. The Balaban J connectivity index is 2.10. The second kappa shape index (κ2) is 14.3. The minimum Gasteiger partial charge on any atom is -0.465 e. The third-order valence-corrected chi connectivity index (χ3v) is 4.61. The molecule has 0 saturated carbocycles. The number of amides is 1. The van der Waals surface area contributed by atoms with Crippen molar-refractivity contribution in [1.29, 1.82) is 0 Å². The van der Waals surface area contributed by atoms with Gasteiger partial charge in [0.15, 0.2) is 0 Å². The van der Waals surface area contributed by atoms with E-state index in [0.717, 1.165) is 12.8 Å². The predicted octanol–water partition coefficient (Wildman–Crippen LogP) is 6.11. The zero-order valence-electron chi connectivity index (χ0n) is 16.5. The van der Waals surface area contributed by atoms with Gasteiger partial charge >= 0.3 is 5.97 Å². The molecule has 26 heavy (non-hydrogen) atoms. The molecule has 0 radical (unpaired) electrons. The highest BCUT2D eigenvalue weighted by Gasteiger charge is 2.12. The van der Waals surface area contributed by atoms with E-state index in [2.05, 4.69) is 12.2 Å². The van der Waals surface area contributed by atoms with Crippen LogP contribution in [0.25, 0.3) is 0 Å². The number of carbonyl (C=O) groups is 2. The molecule has 1 aromatic rings. The first-order chi connectivity index (χ1) is 12.7. The topological polar surface area (TPSA) is 55.4 Å². The lowest BCUT2D eigenvalue weighted by Crippen LogP contribution is -2.14. The van der Waals surface area contributed by atoms with Gasteiger partial charge in [0, 0.05) is 6.42 Å². The molecule has 1 aromatic carbocycles. The van der Waals surface area contributed by atoms with E-state index in [1.165, 1.54) is 64.9 Å². The lowest BCUT2D eigenvalue weighted by Gasteiger charge is -2.09. The maximum absolute atomic E-state index is 12.1. The van der Waals surface area contributed by atoms with Crippen molar-refractivity contribution in [2.45, 2.75) is 84.0 Å². The summed E-state index contributed by atoms with van der Waals surface area (Å²) < 4.78 is 4.74. The highest BCUT2D eigenvalue weighted by atomic mass is 16.5.